The van der Waals surface area contributed by atoms with Crippen molar-refractivity contribution in [3.63, 3.8) is 0 Å². The van der Waals surface area contributed by atoms with E-state index in [0.29, 0.717) is 0 Å². The number of benzene rings is 1. The lowest BCUT2D eigenvalue weighted by Gasteiger charge is -2.52. The van der Waals surface area contributed by atoms with Crippen LogP contribution in [-0.2, 0) is 12.1 Å². The predicted octanol–water partition coefficient (Wildman–Crippen LogP) is 3.34. The molecule has 2 fully saturated rings. The van der Waals surface area contributed by atoms with E-state index in [2.05, 4.69) is 9.88 Å². The van der Waals surface area contributed by atoms with Crippen LogP contribution in [-0.4, -0.2) is 28.1 Å². The number of hydrogen-bond acceptors (Lipinski definition) is 3. The number of fused-ring (bicyclic) bond motifs is 2. The summed E-state index contributed by atoms with van der Waals surface area (Å²) in [7, 11) is 0. The molecule has 126 valence electrons. The van der Waals surface area contributed by atoms with Crippen molar-refractivity contribution in [1.82, 2.24) is 9.88 Å². The minimum absolute atomic E-state index is 0.196. The third-order valence-electron chi connectivity index (χ3n) is 5.70. The van der Waals surface area contributed by atoms with Gasteiger partial charge < -0.3 is 5.11 Å². The Kier molecular flexibility index (Phi) is 4.10. The molecule has 1 aliphatic heterocycles. The molecule has 2 bridgehead atoms. The zero-order chi connectivity index (χ0) is 16.6. The first-order valence-electron chi connectivity index (χ1n) is 8.77. The maximum Gasteiger partial charge on any atom is 0.123 e. The second-order valence-electron chi connectivity index (χ2n) is 7.19. The van der Waals surface area contributed by atoms with Gasteiger partial charge in [0.15, 0.2) is 0 Å². The van der Waals surface area contributed by atoms with Gasteiger partial charge in [0.25, 0.3) is 0 Å². The first-order chi connectivity index (χ1) is 11.7. The molecule has 24 heavy (non-hydrogen) atoms. The Labute approximate surface area is 142 Å². The molecule has 1 saturated heterocycles. The summed E-state index contributed by atoms with van der Waals surface area (Å²) in [6, 6.07) is 12.6. The number of likely N-dealkylation sites (tertiary alicyclic amines) is 1. The third kappa shape index (κ3) is 2.74. The van der Waals surface area contributed by atoms with Gasteiger partial charge in [0.05, 0.1) is 5.69 Å². The molecule has 0 radical (unpaired) electrons. The summed E-state index contributed by atoms with van der Waals surface area (Å²) in [6.45, 7) is 2.54. The molecule has 1 unspecified atom stereocenters. The van der Waals surface area contributed by atoms with Gasteiger partial charge in [-0.05, 0) is 42.7 Å². The highest BCUT2D eigenvalue weighted by molar-refractivity contribution is 5.21. The van der Waals surface area contributed by atoms with Crippen LogP contribution in [0.25, 0.3) is 0 Å². The minimum Gasteiger partial charge on any atom is -0.383 e. The summed E-state index contributed by atoms with van der Waals surface area (Å²) < 4.78 is 13.1. The summed E-state index contributed by atoms with van der Waals surface area (Å²) in [4.78, 5) is 6.87. The Bertz CT molecular complexity index is 675. The monoisotopic (exact) mass is 326 g/mol. The lowest BCUT2D eigenvalue weighted by Crippen LogP contribution is -2.58. The second-order valence-corrected chi connectivity index (χ2v) is 7.19. The van der Waals surface area contributed by atoms with Crippen LogP contribution in [0.1, 0.15) is 30.5 Å². The van der Waals surface area contributed by atoms with Crippen LogP contribution in [0.4, 0.5) is 4.39 Å². The topological polar surface area (TPSA) is 36.4 Å². The van der Waals surface area contributed by atoms with Gasteiger partial charge in [0.2, 0.25) is 0 Å². The van der Waals surface area contributed by atoms with E-state index in [1.807, 2.05) is 30.3 Å². The highest BCUT2D eigenvalue weighted by atomic mass is 19.1. The molecule has 3 nitrogen and oxygen atoms in total. The molecular weight excluding hydrogens is 303 g/mol. The Balaban J connectivity index is 1.55. The van der Waals surface area contributed by atoms with Crippen LogP contribution in [0, 0.1) is 17.7 Å². The lowest BCUT2D eigenvalue weighted by molar-refractivity contribution is -0.151. The van der Waals surface area contributed by atoms with Crippen LogP contribution in [0.5, 0.6) is 0 Å². The normalized spacial score (nSPS) is 30.2. The zero-order valence-corrected chi connectivity index (χ0v) is 13.7. The number of nitrogens with zero attached hydrogens (tertiary/aromatic N) is 2. The molecule has 3 atom stereocenters. The maximum absolute atomic E-state index is 13.1. The molecule has 1 saturated carbocycles. The molecule has 1 aliphatic carbocycles. The first-order valence-corrected chi connectivity index (χ1v) is 8.77. The summed E-state index contributed by atoms with van der Waals surface area (Å²) >= 11 is 0. The largest absolute Gasteiger partial charge is 0.383 e. The van der Waals surface area contributed by atoms with Gasteiger partial charge in [0.1, 0.15) is 11.4 Å². The number of aliphatic hydroxyl groups is 1. The number of pyridine rings is 1. The molecule has 2 aromatic rings. The van der Waals surface area contributed by atoms with Crippen molar-refractivity contribution < 1.29 is 9.50 Å². The van der Waals surface area contributed by atoms with Gasteiger partial charge in [-0.25, -0.2) is 4.39 Å². The van der Waals surface area contributed by atoms with E-state index >= 15 is 0 Å². The molecule has 1 aromatic carbocycles. The van der Waals surface area contributed by atoms with Crippen molar-refractivity contribution in [3.05, 3.63) is 65.7 Å². The Morgan fingerprint density at radius 3 is 2.42 bits per heavy atom. The van der Waals surface area contributed by atoms with Gasteiger partial charge in [-0.1, -0.05) is 24.6 Å². The SMILES string of the molecule is OC1(c2ccccn2)[C@@H]2CCC[C@H]1CN(Cc1ccc(F)cc1)C2. The van der Waals surface area contributed by atoms with E-state index < -0.39 is 5.60 Å². The number of halogens is 1. The molecule has 1 aromatic heterocycles. The average Bonchev–Trinajstić information content (AvgIpc) is 2.59. The Morgan fingerprint density at radius 1 is 1.08 bits per heavy atom. The fourth-order valence-electron chi connectivity index (χ4n) is 4.54. The molecule has 1 N–H and O–H groups in total. The quantitative estimate of drug-likeness (QED) is 0.940. The second kappa shape index (κ2) is 6.26. The molecule has 2 heterocycles. The summed E-state index contributed by atoms with van der Waals surface area (Å²) in [6.07, 6.45) is 5.01. The Morgan fingerprint density at radius 2 is 1.79 bits per heavy atom. The summed E-state index contributed by atoms with van der Waals surface area (Å²) in [5, 5.41) is 11.5. The Hall–Kier alpha value is -1.78. The van der Waals surface area contributed by atoms with Crippen LogP contribution >= 0.6 is 0 Å². The first kappa shape index (κ1) is 15.7. The van der Waals surface area contributed by atoms with E-state index in [9.17, 15) is 9.50 Å². The van der Waals surface area contributed by atoms with E-state index in [0.717, 1.165) is 43.7 Å². The standard InChI is InChI=1S/C20H23FN2O/c21-18-9-7-15(8-10-18)12-23-13-16-4-3-5-17(14-23)20(16,24)19-6-1-2-11-22-19/h1-2,6-11,16-17,24H,3-5,12-14H2/t16-,17+,20?. The minimum atomic E-state index is -0.807. The fourth-order valence-corrected chi connectivity index (χ4v) is 4.54. The van der Waals surface area contributed by atoms with Crippen molar-refractivity contribution in [2.45, 2.75) is 31.4 Å². The van der Waals surface area contributed by atoms with Crippen molar-refractivity contribution in [1.29, 1.82) is 0 Å². The van der Waals surface area contributed by atoms with E-state index in [4.69, 9.17) is 0 Å². The number of rotatable bonds is 3. The predicted molar refractivity (Wildman–Crippen MR) is 90.6 cm³/mol. The van der Waals surface area contributed by atoms with Crippen LogP contribution < -0.4 is 0 Å². The van der Waals surface area contributed by atoms with Crippen molar-refractivity contribution in [2.75, 3.05) is 13.1 Å². The van der Waals surface area contributed by atoms with Gasteiger partial charge in [-0.2, -0.15) is 0 Å². The summed E-state index contributed by atoms with van der Waals surface area (Å²) in [5.41, 5.74) is 1.14. The molecular formula is C20H23FN2O. The van der Waals surface area contributed by atoms with Gasteiger partial charge in [-0.3, -0.25) is 9.88 Å². The van der Waals surface area contributed by atoms with Crippen LogP contribution in [0.3, 0.4) is 0 Å². The number of aromatic nitrogens is 1. The zero-order valence-electron chi connectivity index (χ0n) is 13.7. The maximum atomic E-state index is 13.1. The molecule has 2 aliphatic rings. The van der Waals surface area contributed by atoms with Crippen LogP contribution in [0.2, 0.25) is 0 Å². The number of hydrogen-bond donors (Lipinski definition) is 1. The molecule has 0 amide bonds. The summed E-state index contributed by atoms with van der Waals surface area (Å²) in [5.74, 6) is 0.222. The third-order valence-corrected chi connectivity index (χ3v) is 5.70. The van der Waals surface area contributed by atoms with Gasteiger partial charge >= 0.3 is 0 Å². The van der Waals surface area contributed by atoms with Crippen LogP contribution in [0.15, 0.2) is 48.7 Å². The highest BCUT2D eigenvalue weighted by Gasteiger charge is 2.52. The molecule has 4 heteroatoms. The van der Waals surface area contributed by atoms with Crippen molar-refractivity contribution in [3.8, 4) is 0 Å². The van der Waals surface area contributed by atoms with Crippen molar-refractivity contribution >= 4 is 0 Å². The smallest absolute Gasteiger partial charge is 0.123 e. The van der Waals surface area contributed by atoms with Gasteiger partial charge in [-0.15, -0.1) is 0 Å². The molecule has 4 rings (SSSR count). The van der Waals surface area contributed by atoms with Crippen molar-refractivity contribution in [2.24, 2.45) is 11.8 Å². The highest BCUT2D eigenvalue weighted by Crippen LogP contribution is 2.48. The number of piperidine rings is 1. The lowest BCUT2D eigenvalue weighted by atomic mass is 9.64. The van der Waals surface area contributed by atoms with E-state index in [-0.39, 0.29) is 17.7 Å². The molecule has 0 spiro atoms. The average molecular weight is 326 g/mol. The van der Waals surface area contributed by atoms with E-state index in [1.165, 1.54) is 18.6 Å². The van der Waals surface area contributed by atoms with E-state index in [1.54, 1.807) is 6.20 Å². The van der Waals surface area contributed by atoms with Gasteiger partial charge in [0, 0.05) is 37.7 Å². The fraction of sp³-hybridized carbons (Fsp3) is 0.450.